The molecule has 0 fully saturated rings. The lowest BCUT2D eigenvalue weighted by atomic mass is 10.2. The van der Waals surface area contributed by atoms with Gasteiger partial charge in [-0.25, -0.2) is 4.39 Å². The van der Waals surface area contributed by atoms with Crippen molar-refractivity contribution in [3.8, 4) is 0 Å². The zero-order chi connectivity index (χ0) is 10.4. The molecule has 0 bridgehead atoms. The van der Waals surface area contributed by atoms with Crippen LogP contribution in [0.5, 0.6) is 0 Å². The highest BCUT2D eigenvalue weighted by atomic mass is 19.1. The van der Waals surface area contributed by atoms with E-state index in [1.165, 1.54) is 12.1 Å². The summed E-state index contributed by atoms with van der Waals surface area (Å²) in [4.78, 5) is 4.16. The SMILES string of the molecule is C/C=N\C(=C/NC)c1ccc(F)cc1. The second kappa shape index (κ2) is 5.17. The summed E-state index contributed by atoms with van der Waals surface area (Å²) < 4.78 is 12.6. The van der Waals surface area contributed by atoms with Gasteiger partial charge in [0.1, 0.15) is 5.82 Å². The van der Waals surface area contributed by atoms with Crippen molar-refractivity contribution in [3.63, 3.8) is 0 Å². The fourth-order valence-electron chi connectivity index (χ4n) is 1.09. The van der Waals surface area contributed by atoms with Crippen molar-refractivity contribution in [1.82, 2.24) is 5.32 Å². The Labute approximate surface area is 83.2 Å². The van der Waals surface area contributed by atoms with E-state index in [1.54, 1.807) is 31.6 Å². The van der Waals surface area contributed by atoms with E-state index in [0.717, 1.165) is 11.3 Å². The highest BCUT2D eigenvalue weighted by molar-refractivity contribution is 5.72. The largest absolute Gasteiger partial charge is 0.392 e. The van der Waals surface area contributed by atoms with Gasteiger partial charge in [0.05, 0.1) is 5.70 Å². The zero-order valence-electron chi connectivity index (χ0n) is 8.29. The predicted molar refractivity (Wildman–Crippen MR) is 57.6 cm³/mol. The number of benzene rings is 1. The molecule has 0 saturated heterocycles. The monoisotopic (exact) mass is 192 g/mol. The maximum Gasteiger partial charge on any atom is 0.123 e. The maximum atomic E-state index is 12.6. The average molecular weight is 192 g/mol. The van der Waals surface area contributed by atoms with Gasteiger partial charge in [0.2, 0.25) is 0 Å². The van der Waals surface area contributed by atoms with E-state index in [9.17, 15) is 4.39 Å². The molecule has 0 unspecified atom stereocenters. The van der Waals surface area contributed by atoms with Crippen molar-refractivity contribution >= 4 is 11.9 Å². The van der Waals surface area contributed by atoms with Gasteiger partial charge in [-0.1, -0.05) is 0 Å². The van der Waals surface area contributed by atoms with E-state index in [2.05, 4.69) is 10.3 Å². The number of nitrogens with one attached hydrogen (secondary N) is 1. The number of hydrogen-bond donors (Lipinski definition) is 1. The lowest BCUT2D eigenvalue weighted by Crippen LogP contribution is -1.95. The van der Waals surface area contributed by atoms with Crippen molar-refractivity contribution in [2.75, 3.05) is 7.05 Å². The van der Waals surface area contributed by atoms with Gasteiger partial charge in [-0.15, -0.1) is 0 Å². The van der Waals surface area contributed by atoms with Gasteiger partial charge in [-0.3, -0.25) is 4.99 Å². The molecule has 0 saturated carbocycles. The van der Waals surface area contributed by atoms with Crippen LogP contribution in [0.3, 0.4) is 0 Å². The van der Waals surface area contributed by atoms with E-state index < -0.39 is 0 Å². The molecule has 3 heteroatoms. The topological polar surface area (TPSA) is 24.4 Å². The molecule has 1 aromatic rings. The van der Waals surface area contributed by atoms with Gasteiger partial charge < -0.3 is 5.32 Å². The number of hydrogen-bond acceptors (Lipinski definition) is 2. The Kier molecular flexibility index (Phi) is 3.85. The van der Waals surface area contributed by atoms with Crippen LogP contribution in [0, 0.1) is 5.82 Å². The Morgan fingerprint density at radius 1 is 1.36 bits per heavy atom. The molecule has 1 aromatic carbocycles. The summed E-state index contributed by atoms with van der Waals surface area (Å²) in [6.07, 6.45) is 3.47. The molecule has 0 atom stereocenters. The molecule has 0 amide bonds. The summed E-state index contributed by atoms with van der Waals surface area (Å²) in [5.74, 6) is -0.238. The third kappa shape index (κ3) is 2.69. The fourth-order valence-corrected chi connectivity index (χ4v) is 1.09. The molecule has 14 heavy (non-hydrogen) atoms. The minimum atomic E-state index is -0.238. The highest BCUT2D eigenvalue weighted by Crippen LogP contribution is 2.14. The first kappa shape index (κ1) is 10.4. The number of rotatable bonds is 3. The molecule has 0 aromatic heterocycles. The summed E-state index contributed by atoms with van der Waals surface area (Å²) in [7, 11) is 1.80. The summed E-state index contributed by atoms with van der Waals surface area (Å²) in [5, 5.41) is 2.90. The van der Waals surface area contributed by atoms with Crippen molar-refractivity contribution in [3.05, 3.63) is 41.8 Å². The van der Waals surface area contributed by atoms with E-state index >= 15 is 0 Å². The van der Waals surface area contributed by atoms with E-state index in [-0.39, 0.29) is 5.82 Å². The predicted octanol–water partition coefficient (Wildman–Crippen LogP) is 2.43. The van der Waals surface area contributed by atoms with Crippen molar-refractivity contribution in [2.24, 2.45) is 4.99 Å². The second-order valence-electron chi connectivity index (χ2n) is 2.71. The third-order valence-electron chi connectivity index (χ3n) is 1.69. The van der Waals surface area contributed by atoms with Crippen LogP contribution < -0.4 is 5.32 Å². The first-order valence-electron chi connectivity index (χ1n) is 4.40. The Morgan fingerprint density at radius 2 is 2.00 bits per heavy atom. The van der Waals surface area contributed by atoms with E-state index in [4.69, 9.17) is 0 Å². The quantitative estimate of drug-likeness (QED) is 0.731. The Balaban J connectivity index is 3.00. The van der Waals surface area contributed by atoms with Crippen LogP contribution in [-0.2, 0) is 0 Å². The standard InChI is InChI=1S/C11H13FN2/c1-3-14-11(8-13-2)9-4-6-10(12)7-5-9/h3-8,13H,1-2H3/b11-8-,14-3-. The van der Waals surface area contributed by atoms with Gasteiger partial charge >= 0.3 is 0 Å². The molecule has 2 nitrogen and oxygen atoms in total. The first-order chi connectivity index (χ1) is 6.77. The van der Waals surface area contributed by atoms with Crippen molar-refractivity contribution in [2.45, 2.75) is 6.92 Å². The van der Waals surface area contributed by atoms with Crippen LogP contribution in [0.2, 0.25) is 0 Å². The molecule has 74 valence electrons. The van der Waals surface area contributed by atoms with Gasteiger partial charge in [-0.05, 0) is 31.2 Å². The molecule has 0 radical (unpaired) electrons. The molecular formula is C11H13FN2. The van der Waals surface area contributed by atoms with E-state index in [0.29, 0.717) is 0 Å². The molecule has 0 aliphatic heterocycles. The van der Waals surface area contributed by atoms with Crippen LogP contribution in [-0.4, -0.2) is 13.3 Å². The van der Waals surface area contributed by atoms with Crippen molar-refractivity contribution in [1.29, 1.82) is 0 Å². The highest BCUT2D eigenvalue weighted by Gasteiger charge is 1.98. The van der Waals surface area contributed by atoms with Gasteiger partial charge in [0.25, 0.3) is 0 Å². The Hall–Kier alpha value is -1.64. The zero-order valence-corrected chi connectivity index (χ0v) is 8.29. The minimum Gasteiger partial charge on any atom is -0.392 e. The molecule has 0 spiro atoms. The van der Waals surface area contributed by atoms with Gasteiger partial charge in [-0.2, -0.15) is 0 Å². The normalized spacial score (nSPS) is 12.1. The summed E-state index contributed by atoms with van der Waals surface area (Å²) in [6, 6.07) is 6.24. The minimum absolute atomic E-state index is 0.238. The third-order valence-corrected chi connectivity index (χ3v) is 1.69. The van der Waals surface area contributed by atoms with Crippen molar-refractivity contribution < 1.29 is 4.39 Å². The molecule has 0 aliphatic rings. The number of nitrogens with zero attached hydrogens (tertiary/aromatic N) is 1. The molecule has 1 N–H and O–H groups in total. The first-order valence-corrected chi connectivity index (χ1v) is 4.40. The Bertz CT molecular complexity index is 339. The van der Waals surface area contributed by atoms with Crippen LogP contribution in [0.1, 0.15) is 12.5 Å². The maximum absolute atomic E-state index is 12.6. The van der Waals surface area contributed by atoms with E-state index in [1.807, 2.05) is 6.92 Å². The molecule has 0 aliphatic carbocycles. The number of aliphatic imine (C=N–C) groups is 1. The number of halogens is 1. The van der Waals surface area contributed by atoms with Gasteiger partial charge in [0.15, 0.2) is 0 Å². The van der Waals surface area contributed by atoms with Crippen LogP contribution in [0.4, 0.5) is 4.39 Å². The second-order valence-corrected chi connectivity index (χ2v) is 2.71. The summed E-state index contributed by atoms with van der Waals surface area (Å²) >= 11 is 0. The molecular weight excluding hydrogens is 179 g/mol. The summed E-state index contributed by atoms with van der Waals surface area (Å²) in [6.45, 7) is 1.84. The lowest BCUT2D eigenvalue weighted by molar-refractivity contribution is 0.627. The Morgan fingerprint density at radius 3 is 2.50 bits per heavy atom. The van der Waals surface area contributed by atoms with Crippen LogP contribution >= 0.6 is 0 Å². The lowest BCUT2D eigenvalue weighted by Gasteiger charge is -2.01. The smallest absolute Gasteiger partial charge is 0.123 e. The van der Waals surface area contributed by atoms with Crippen LogP contribution in [0.25, 0.3) is 5.70 Å². The van der Waals surface area contributed by atoms with Crippen LogP contribution in [0.15, 0.2) is 35.5 Å². The summed E-state index contributed by atoms with van der Waals surface area (Å²) in [5.41, 5.74) is 1.67. The average Bonchev–Trinajstić information content (AvgIpc) is 2.19. The molecule has 0 heterocycles. The van der Waals surface area contributed by atoms with Gasteiger partial charge in [0, 0.05) is 25.0 Å². The fraction of sp³-hybridized carbons (Fsp3) is 0.182. The molecule has 1 rings (SSSR count).